The first-order chi connectivity index (χ1) is 10.1. The van der Waals surface area contributed by atoms with Crippen molar-refractivity contribution < 1.29 is 19.4 Å². The Morgan fingerprint density at radius 1 is 1.33 bits per heavy atom. The van der Waals surface area contributed by atoms with Gasteiger partial charge < -0.3 is 14.7 Å². The van der Waals surface area contributed by atoms with Gasteiger partial charge in [-0.25, -0.2) is 0 Å². The van der Waals surface area contributed by atoms with E-state index in [2.05, 4.69) is 0 Å². The molecule has 1 saturated heterocycles. The first kappa shape index (κ1) is 15.4. The minimum atomic E-state index is -0.921. The number of carboxylic acids is 1. The highest BCUT2D eigenvalue weighted by Gasteiger charge is 2.43. The summed E-state index contributed by atoms with van der Waals surface area (Å²) < 4.78 is 5.52. The third-order valence-electron chi connectivity index (χ3n) is 3.78. The zero-order valence-electron chi connectivity index (χ0n) is 12.4. The van der Waals surface area contributed by atoms with Gasteiger partial charge >= 0.3 is 5.97 Å². The predicted octanol–water partition coefficient (Wildman–Crippen LogP) is 2.47. The van der Waals surface area contributed by atoms with Crippen molar-refractivity contribution in [2.45, 2.75) is 32.7 Å². The molecule has 2 rings (SSSR count). The minimum Gasteiger partial charge on any atom is -0.494 e. The van der Waals surface area contributed by atoms with Gasteiger partial charge in [0, 0.05) is 13.0 Å². The van der Waals surface area contributed by atoms with Crippen LogP contribution < -0.4 is 4.74 Å². The van der Waals surface area contributed by atoms with Crippen LogP contribution in [0, 0.1) is 5.92 Å². The number of hydrogen-bond acceptors (Lipinski definition) is 3. The third kappa shape index (κ3) is 3.17. The van der Waals surface area contributed by atoms with Crippen LogP contribution in [0.4, 0.5) is 0 Å². The lowest BCUT2D eigenvalue weighted by molar-refractivity contribution is -0.142. The summed E-state index contributed by atoms with van der Waals surface area (Å²) in [6.07, 6.45) is 1.01. The predicted molar refractivity (Wildman–Crippen MR) is 78.1 cm³/mol. The van der Waals surface area contributed by atoms with Crippen LogP contribution in [0.5, 0.6) is 5.75 Å². The second-order valence-electron chi connectivity index (χ2n) is 5.19. The molecule has 2 atom stereocenters. The van der Waals surface area contributed by atoms with Gasteiger partial charge in [0.15, 0.2) is 0 Å². The number of carboxylic acid groups (broad SMARTS) is 1. The molecule has 0 aromatic heterocycles. The maximum Gasteiger partial charge on any atom is 0.309 e. The molecule has 114 valence electrons. The topological polar surface area (TPSA) is 66.8 Å². The number of ether oxygens (including phenoxy) is 1. The van der Waals surface area contributed by atoms with E-state index in [4.69, 9.17) is 4.74 Å². The summed E-state index contributed by atoms with van der Waals surface area (Å²) in [7, 11) is 0. The molecule has 0 bridgehead atoms. The zero-order chi connectivity index (χ0) is 15.4. The van der Waals surface area contributed by atoms with Gasteiger partial charge in [0.05, 0.1) is 18.6 Å². The normalized spacial score (nSPS) is 21.6. The Bertz CT molecular complexity index is 512. The Balaban J connectivity index is 2.24. The molecule has 5 heteroatoms. The van der Waals surface area contributed by atoms with Crippen LogP contribution in [0.1, 0.15) is 38.3 Å². The number of carbonyl (C=O) groups excluding carboxylic acids is 1. The maximum absolute atomic E-state index is 12.0. The van der Waals surface area contributed by atoms with Crippen LogP contribution >= 0.6 is 0 Å². The molecule has 1 fully saturated rings. The zero-order valence-corrected chi connectivity index (χ0v) is 12.4. The van der Waals surface area contributed by atoms with Crippen LogP contribution in [-0.4, -0.2) is 35.0 Å². The van der Waals surface area contributed by atoms with E-state index >= 15 is 0 Å². The monoisotopic (exact) mass is 291 g/mol. The largest absolute Gasteiger partial charge is 0.494 e. The molecule has 1 amide bonds. The lowest BCUT2D eigenvalue weighted by Gasteiger charge is -2.26. The molecule has 0 radical (unpaired) electrons. The van der Waals surface area contributed by atoms with Crippen molar-refractivity contribution in [2.24, 2.45) is 5.92 Å². The summed E-state index contributed by atoms with van der Waals surface area (Å²) in [5, 5.41) is 9.34. The summed E-state index contributed by atoms with van der Waals surface area (Å²) in [6, 6.07) is 6.99. The van der Waals surface area contributed by atoms with Crippen LogP contribution in [0.3, 0.4) is 0 Å². The van der Waals surface area contributed by atoms with E-state index in [0.717, 1.165) is 17.7 Å². The van der Waals surface area contributed by atoms with Gasteiger partial charge in [-0.2, -0.15) is 0 Å². The van der Waals surface area contributed by atoms with Gasteiger partial charge in [-0.1, -0.05) is 19.1 Å². The van der Waals surface area contributed by atoms with E-state index in [-0.39, 0.29) is 18.4 Å². The highest BCUT2D eigenvalue weighted by molar-refractivity contribution is 5.87. The van der Waals surface area contributed by atoms with Crippen LogP contribution in [0.2, 0.25) is 0 Å². The Hall–Kier alpha value is -2.04. The number of benzene rings is 1. The Labute approximate surface area is 124 Å². The van der Waals surface area contributed by atoms with Crippen molar-refractivity contribution in [1.82, 2.24) is 4.90 Å². The van der Waals surface area contributed by atoms with Crippen molar-refractivity contribution in [3.8, 4) is 5.75 Å². The second kappa shape index (κ2) is 6.61. The molecular weight excluding hydrogens is 270 g/mol. The van der Waals surface area contributed by atoms with Crippen molar-refractivity contribution in [3.05, 3.63) is 29.8 Å². The number of amides is 1. The standard InChI is InChI=1S/C16H21NO4/c1-3-9-21-12-7-5-11(6-8-12)15-13(16(19)20)10-14(18)17(15)4-2/h5-8,13,15H,3-4,9-10H2,1-2H3,(H,19,20). The van der Waals surface area contributed by atoms with Crippen LogP contribution in [0.25, 0.3) is 0 Å². The number of hydrogen-bond donors (Lipinski definition) is 1. The molecule has 0 spiro atoms. The van der Waals surface area contributed by atoms with Crippen molar-refractivity contribution in [1.29, 1.82) is 0 Å². The average molecular weight is 291 g/mol. The lowest BCUT2D eigenvalue weighted by Crippen LogP contribution is -2.30. The summed E-state index contributed by atoms with van der Waals surface area (Å²) in [4.78, 5) is 25.0. The Kier molecular flexibility index (Phi) is 4.83. The van der Waals surface area contributed by atoms with Gasteiger partial charge in [0.2, 0.25) is 5.91 Å². The summed E-state index contributed by atoms with van der Waals surface area (Å²) >= 11 is 0. The van der Waals surface area contributed by atoms with E-state index in [0.29, 0.717) is 13.2 Å². The molecule has 1 aliphatic rings. The lowest BCUT2D eigenvalue weighted by atomic mass is 9.93. The Morgan fingerprint density at radius 2 is 2.00 bits per heavy atom. The van der Waals surface area contributed by atoms with Gasteiger partial charge in [-0.3, -0.25) is 9.59 Å². The number of carbonyl (C=O) groups is 2. The molecule has 1 heterocycles. The SMILES string of the molecule is CCCOc1ccc(C2C(C(=O)O)CC(=O)N2CC)cc1. The first-order valence-corrected chi connectivity index (χ1v) is 7.33. The molecule has 1 aliphatic heterocycles. The molecule has 2 unspecified atom stereocenters. The van der Waals surface area contributed by atoms with Gasteiger partial charge in [0.1, 0.15) is 5.75 Å². The molecule has 5 nitrogen and oxygen atoms in total. The van der Waals surface area contributed by atoms with Gasteiger partial charge in [-0.15, -0.1) is 0 Å². The fraction of sp³-hybridized carbons (Fsp3) is 0.500. The average Bonchev–Trinajstić information content (AvgIpc) is 2.82. The van der Waals surface area contributed by atoms with E-state index < -0.39 is 11.9 Å². The molecule has 0 saturated carbocycles. The highest BCUT2D eigenvalue weighted by Crippen LogP contribution is 2.38. The van der Waals surface area contributed by atoms with Gasteiger partial charge in [0.25, 0.3) is 0 Å². The third-order valence-corrected chi connectivity index (χ3v) is 3.78. The molecule has 0 aliphatic carbocycles. The molecule has 1 aromatic rings. The quantitative estimate of drug-likeness (QED) is 0.874. The van der Waals surface area contributed by atoms with Crippen LogP contribution in [-0.2, 0) is 9.59 Å². The van der Waals surface area contributed by atoms with E-state index in [9.17, 15) is 14.7 Å². The maximum atomic E-state index is 12.0. The molecular formula is C16H21NO4. The number of aliphatic carboxylic acids is 1. The van der Waals surface area contributed by atoms with Crippen molar-refractivity contribution in [3.63, 3.8) is 0 Å². The summed E-state index contributed by atoms with van der Waals surface area (Å²) in [5.41, 5.74) is 0.846. The van der Waals surface area contributed by atoms with E-state index in [1.807, 2.05) is 38.1 Å². The Morgan fingerprint density at radius 3 is 2.52 bits per heavy atom. The number of rotatable bonds is 6. The second-order valence-corrected chi connectivity index (χ2v) is 5.19. The fourth-order valence-electron chi connectivity index (χ4n) is 2.78. The summed E-state index contributed by atoms with van der Waals surface area (Å²) in [6.45, 7) is 5.07. The smallest absolute Gasteiger partial charge is 0.309 e. The van der Waals surface area contributed by atoms with Crippen molar-refractivity contribution in [2.75, 3.05) is 13.2 Å². The number of likely N-dealkylation sites (tertiary alicyclic amines) is 1. The van der Waals surface area contributed by atoms with E-state index in [1.165, 1.54) is 0 Å². The number of nitrogens with zero attached hydrogens (tertiary/aromatic N) is 1. The molecule has 1 N–H and O–H groups in total. The van der Waals surface area contributed by atoms with Crippen molar-refractivity contribution >= 4 is 11.9 Å². The highest BCUT2D eigenvalue weighted by atomic mass is 16.5. The minimum absolute atomic E-state index is 0.0714. The van der Waals surface area contributed by atoms with E-state index in [1.54, 1.807) is 4.90 Å². The fourth-order valence-corrected chi connectivity index (χ4v) is 2.78. The molecule has 21 heavy (non-hydrogen) atoms. The summed E-state index contributed by atoms with van der Waals surface area (Å²) in [5.74, 6) is -0.934. The van der Waals surface area contributed by atoms with Crippen LogP contribution in [0.15, 0.2) is 24.3 Å². The first-order valence-electron chi connectivity index (χ1n) is 7.33. The van der Waals surface area contributed by atoms with Gasteiger partial charge in [-0.05, 0) is 31.0 Å². The molecule has 1 aromatic carbocycles.